The van der Waals surface area contributed by atoms with Gasteiger partial charge in [-0.3, -0.25) is 4.79 Å². The van der Waals surface area contributed by atoms with Crippen LogP contribution in [-0.2, 0) is 9.63 Å². The summed E-state index contributed by atoms with van der Waals surface area (Å²) in [6.45, 7) is 1.84. The first-order chi connectivity index (χ1) is 6.22. The molecule has 2 aliphatic rings. The van der Waals surface area contributed by atoms with Crippen molar-refractivity contribution in [3.05, 3.63) is 0 Å². The van der Waals surface area contributed by atoms with Gasteiger partial charge in [-0.2, -0.15) is 0 Å². The average Bonchev–Trinajstić information content (AvgIpc) is 2.51. The Bertz CT molecular complexity index is 256. The number of primary amides is 1. The van der Waals surface area contributed by atoms with Gasteiger partial charge in [0.1, 0.15) is 11.3 Å². The number of nitrogens with one attached hydrogen (secondary N) is 1. The predicted molar refractivity (Wildman–Crippen MR) is 47.2 cm³/mol. The van der Waals surface area contributed by atoms with Crippen LogP contribution in [0.25, 0.3) is 0 Å². The molecule has 1 amide bonds. The number of carbonyl (C=O) groups excluding carboxylic acids is 1. The smallest absolute Gasteiger partial charge is 0.266 e. The quantitative estimate of drug-likeness (QED) is 0.568. The van der Waals surface area contributed by atoms with Gasteiger partial charge in [-0.15, -0.1) is 0 Å². The highest BCUT2D eigenvalue weighted by Gasteiger charge is 2.41. The van der Waals surface area contributed by atoms with Crippen LogP contribution in [0.4, 0.5) is 0 Å². The van der Waals surface area contributed by atoms with E-state index in [2.05, 4.69) is 10.5 Å². The number of amides is 1. The van der Waals surface area contributed by atoms with Gasteiger partial charge >= 0.3 is 0 Å². The molecule has 1 saturated heterocycles. The minimum absolute atomic E-state index is 0.240. The standard InChI is InChI=1S/C8H13N3O2/c9-7(12)6-5-8(13-11-6)1-3-10-4-2-8/h10H,1-5H2,(H2,9,12). The Kier molecular flexibility index (Phi) is 1.95. The Balaban J connectivity index is 2.02. The van der Waals surface area contributed by atoms with Crippen LogP contribution in [0.15, 0.2) is 5.16 Å². The Morgan fingerprint density at radius 1 is 1.54 bits per heavy atom. The summed E-state index contributed by atoms with van der Waals surface area (Å²) in [5.74, 6) is -0.463. The molecular weight excluding hydrogens is 170 g/mol. The molecule has 5 nitrogen and oxygen atoms in total. The van der Waals surface area contributed by atoms with Crippen molar-refractivity contribution >= 4 is 11.6 Å². The largest absolute Gasteiger partial charge is 0.388 e. The van der Waals surface area contributed by atoms with Crippen LogP contribution in [-0.4, -0.2) is 30.3 Å². The monoisotopic (exact) mass is 183 g/mol. The number of hydrogen-bond acceptors (Lipinski definition) is 4. The maximum absolute atomic E-state index is 10.8. The molecule has 0 saturated carbocycles. The summed E-state index contributed by atoms with van der Waals surface area (Å²) in [5.41, 5.74) is 5.26. The van der Waals surface area contributed by atoms with E-state index < -0.39 is 5.91 Å². The van der Waals surface area contributed by atoms with E-state index >= 15 is 0 Å². The number of nitrogens with two attached hydrogens (primary N) is 1. The molecule has 0 unspecified atom stereocenters. The molecule has 0 atom stereocenters. The van der Waals surface area contributed by atoms with Gasteiger partial charge in [-0.05, 0) is 13.1 Å². The highest BCUT2D eigenvalue weighted by Crippen LogP contribution is 2.32. The zero-order chi connectivity index (χ0) is 9.31. The van der Waals surface area contributed by atoms with Crippen molar-refractivity contribution in [2.75, 3.05) is 13.1 Å². The zero-order valence-corrected chi connectivity index (χ0v) is 7.38. The van der Waals surface area contributed by atoms with Crippen molar-refractivity contribution in [2.45, 2.75) is 24.9 Å². The van der Waals surface area contributed by atoms with Crippen LogP contribution in [0, 0.1) is 0 Å². The van der Waals surface area contributed by atoms with Crippen molar-refractivity contribution < 1.29 is 9.63 Å². The molecule has 0 aliphatic carbocycles. The van der Waals surface area contributed by atoms with Gasteiger partial charge in [0.15, 0.2) is 0 Å². The minimum Gasteiger partial charge on any atom is -0.388 e. The number of carbonyl (C=O) groups is 1. The summed E-state index contributed by atoms with van der Waals surface area (Å²) < 4.78 is 0. The second-order valence-corrected chi connectivity index (χ2v) is 3.60. The highest BCUT2D eigenvalue weighted by molar-refractivity contribution is 6.38. The molecule has 0 bridgehead atoms. The van der Waals surface area contributed by atoms with Gasteiger partial charge < -0.3 is 15.9 Å². The molecule has 2 rings (SSSR count). The average molecular weight is 183 g/mol. The molecule has 2 aliphatic heterocycles. The Morgan fingerprint density at radius 3 is 2.77 bits per heavy atom. The molecule has 5 heteroatoms. The van der Waals surface area contributed by atoms with E-state index in [0.29, 0.717) is 12.1 Å². The molecule has 0 aromatic heterocycles. The fraction of sp³-hybridized carbons (Fsp3) is 0.750. The third kappa shape index (κ3) is 1.51. The van der Waals surface area contributed by atoms with Crippen molar-refractivity contribution in [2.24, 2.45) is 10.9 Å². The number of nitrogens with zero attached hydrogens (tertiary/aromatic N) is 1. The number of hydrogen-bond donors (Lipinski definition) is 2. The van der Waals surface area contributed by atoms with Gasteiger partial charge in [0.25, 0.3) is 5.91 Å². The van der Waals surface area contributed by atoms with Crippen molar-refractivity contribution in [3.63, 3.8) is 0 Å². The lowest BCUT2D eigenvalue weighted by Crippen LogP contribution is -2.42. The second kappa shape index (κ2) is 2.99. The lowest BCUT2D eigenvalue weighted by Gasteiger charge is -2.30. The summed E-state index contributed by atoms with van der Waals surface area (Å²) in [4.78, 5) is 16.1. The predicted octanol–water partition coefficient (Wildman–Crippen LogP) is -0.630. The number of rotatable bonds is 1. The lowest BCUT2D eigenvalue weighted by molar-refractivity contribution is -0.112. The van der Waals surface area contributed by atoms with Crippen molar-refractivity contribution in [1.82, 2.24) is 5.32 Å². The fourth-order valence-corrected chi connectivity index (χ4v) is 1.80. The van der Waals surface area contributed by atoms with Gasteiger partial charge in [-0.1, -0.05) is 5.16 Å². The lowest BCUT2D eigenvalue weighted by atomic mass is 9.88. The minimum atomic E-state index is -0.463. The van der Waals surface area contributed by atoms with Crippen LogP contribution < -0.4 is 11.1 Å². The summed E-state index contributed by atoms with van der Waals surface area (Å²) in [6, 6.07) is 0. The SMILES string of the molecule is NC(=O)C1=NOC2(CCNCC2)C1. The third-order valence-electron chi connectivity index (χ3n) is 2.64. The first-order valence-corrected chi connectivity index (χ1v) is 4.47. The summed E-state index contributed by atoms with van der Waals surface area (Å²) in [5, 5.41) is 6.96. The van der Waals surface area contributed by atoms with E-state index in [4.69, 9.17) is 10.6 Å². The van der Waals surface area contributed by atoms with Gasteiger partial charge in [0.2, 0.25) is 0 Å². The summed E-state index contributed by atoms with van der Waals surface area (Å²) in [7, 11) is 0. The van der Waals surface area contributed by atoms with Gasteiger partial charge in [0.05, 0.1) is 0 Å². The van der Waals surface area contributed by atoms with Crippen molar-refractivity contribution in [1.29, 1.82) is 0 Å². The summed E-state index contributed by atoms with van der Waals surface area (Å²) in [6.07, 6.45) is 2.37. The topological polar surface area (TPSA) is 76.7 Å². The molecule has 0 radical (unpaired) electrons. The molecule has 2 heterocycles. The molecular formula is C8H13N3O2. The fourth-order valence-electron chi connectivity index (χ4n) is 1.80. The molecule has 3 N–H and O–H groups in total. The Hall–Kier alpha value is -1.10. The summed E-state index contributed by atoms with van der Waals surface area (Å²) >= 11 is 0. The van der Waals surface area contributed by atoms with E-state index in [1.807, 2.05) is 0 Å². The number of oxime groups is 1. The highest BCUT2D eigenvalue weighted by atomic mass is 16.7. The maximum atomic E-state index is 10.8. The maximum Gasteiger partial charge on any atom is 0.266 e. The number of piperidine rings is 1. The van der Waals surface area contributed by atoms with Crippen molar-refractivity contribution in [3.8, 4) is 0 Å². The molecule has 72 valence electrons. The van der Waals surface area contributed by atoms with E-state index in [1.54, 1.807) is 0 Å². The molecule has 0 aromatic carbocycles. The molecule has 13 heavy (non-hydrogen) atoms. The van der Waals surface area contributed by atoms with Crippen LogP contribution in [0.1, 0.15) is 19.3 Å². The molecule has 1 spiro atoms. The normalized spacial score (nSPS) is 25.4. The first-order valence-electron chi connectivity index (χ1n) is 4.47. The van der Waals surface area contributed by atoms with E-state index in [-0.39, 0.29) is 5.60 Å². The zero-order valence-electron chi connectivity index (χ0n) is 7.38. The van der Waals surface area contributed by atoms with Crippen LogP contribution in [0.3, 0.4) is 0 Å². The van der Waals surface area contributed by atoms with Crippen LogP contribution >= 0.6 is 0 Å². The first kappa shape index (κ1) is 8.50. The van der Waals surface area contributed by atoms with Gasteiger partial charge in [-0.25, -0.2) is 0 Å². The molecule has 0 aromatic rings. The second-order valence-electron chi connectivity index (χ2n) is 3.60. The van der Waals surface area contributed by atoms with E-state index in [9.17, 15) is 4.79 Å². The van der Waals surface area contributed by atoms with E-state index in [1.165, 1.54) is 0 Å². The third-order valence-corrected chi connectivity index (χ3v) is 2.64. The van der Waals surface area contributed by atoms with Gasteiger partial charge in [0, 0.05) is 19.3 Å². The Labute approximate surface area is 76.3 Å². The molecule has 1 fully saturated rings. The Morgan fingerprint density at radius 2 is 2.23 bits per heavy atom. The van der Waals surface area contributed by atoms with Crippen LogP contribution in [0.5, 0.6) is 0 Å². The van der Waals surface area contributed by atoms with Crippen LogP contribution in [0.2, 0.25) is 0 Å². The van der Waals surface area contributed by atoms with E-state index in [0.717, 1.165) is 25.9 Å².